The highest BCUT2D eigenvalue weighted by atomic mass is 79.9. The van der Waals surface area contributed by atoms with Crippen LogP contribution in [0.1, 0.15) is 18.1 Å². The van der Waals surface area contributed by atoms with E-state index in [1.807, 2.05) is 24.3 Å². The molecule has 0 saturated carbocycles. The maximum absolute atomic E-state index is 12.7. The number of halogens is 1. The second-order valence-corrected chi connectivity index (χ2v) is 10.0. The van der Waals surface area contributed by atoms with E-state index in [0.717, 1.165) is 21.4 Å². The predicted octanol–water partition coefficient (Wildman–Crippen LogP) is 1.05. The summed E-state index contributed by atoms with van der Waals surface area (Å²) in [5.41, 5.74) is 4.73. The van der Waals surface area contributed by atoms with Gasteiger partial charge in [0.2, 0.25) is 10.0 Å². The highest BCUT2D eigenvalue weighted by Crippen LogP contribution is 2.18. The van der Waals surface area contributed by atoms with Crippen LogP contribution in [0.4, 0.5) is 0 Å². The van der Waals surface area contributed by atoms with Gasteiger partial charge in [-0.1, -0.05) is 47.1 Å². The van der Waals surface area contributed by atoms with Crippen LogP contribution in [-0.2, 0) is 21.2 Å². The van der Waals surface area contributed by atoms with Crippen LogP contribution >= 0.6 is 15.9 Å². The van der Waals surface area contributed by atoms with Crippen molar-refractivity contribution in [1.82, 2.24) is 9.73 Å². The topological polar surface area (TPSA) is 83.3 Å². The molecular weight excluding hydrogens is 468 g/mol. The number of rotatable bonds is 7. The normalized spacial score (nSPS) is 16.1. The first-order valence-electron chi connectivity index (χ1n) is 9.88. The second kappa shape index (κ2) is 10.3. The van der Waals surface area contributed by atoms with Crippen molar-refractivity contribution in [2.75, 3.05) is 32.7 Å². The number of aryl methyl sites for hydroxylation is 1. The molecule has 1 aliphatic heterocycles. The van der Waals surface area contributed by atoms with E-state index in [1.165, 1.54) is 9.87 Å². The van der Waals surface area contributed by atoms with Gasteiger partial charge in [-0.15, -0.1) is 0 Å². The zero-order valence-electron chi connectivity index (χ0n) is 16.8. The van der Waals surface area contributed by atoms with Crippen LogP contribution < -0.4 is 10.3 Å². The summed E-state index contributed by atoms with van der Waals surface area (Å²) in [6, 6.07) is 14.6. The number of hydrazone groups is 1. The highest BCUT2D eigenvalue weighted by molar-refractivity contribution is 9.10. The van der Waals surface area contributed by atoms with E-state index in [0.29, 0.717) is 26.2 Å². The Balaban J connectivity index is 1.46. The van der Waals surface area contributed by atoms with Crippen molar-refractivity contribution in [3.63, 3.8) is 0 Å². The minimum Gasteiger partial charge on any atom is -0.325 e. The lowest BCUT2D eigenvalue weighted by Gasteiger charge is -2.31. The number of nitrogens with one attached hydrogen (secondary N) is 2. The smallest absolute Gasteiger partial charge is 0.295 e. The molecule has 30 heavy (non-hydrogen) atoms. The quantitative estimate of drug-likeness (QED) is 0.446. The summed E-state index contributed by atoms with van der Waals surface area (Å²) >= 11 is 3.32. The molecular formula is C21H26BrN4O3S+. The second-order valence-electron chi connectivity index (χ2n) is 7.17. The largest absolute Gasteiger partial charge is 0.325 e. The molecule has 1 amide bonds. The van der Waals surface area contributed by atoms with E-state index < -0.39 is 10.0 Å². The third-order valence-corrected chi connectivity index (χ3v) is 7.52. The molecule has 1 aliphatic rings. The first-order valence-corrected chi connectivity index (χ1v) is 12.1. The molecule has 3 rings (SSSR count). The molecule has 2 aromatic carbocycles. The maximum atomic E-state index is 12.7. The number of piperazine rings is 1. The Kier molecular flexibility index (Phi) is 7.76. The van der Waals surface area contributed by atoms with Crippen molar-refractivity contribution in [3.05, 3.63) is 64.1 Å². The van der Waals surface area contributed by atoms with Crippen molar-refractivity contribution >= 4 is 38.1 Å². The van der Waals surface area contributed by atoms with Gasteiger partial charge >= 0.3 is 0 Å². The Bertz CT molecular complexity index is 984. The minimum absolute atomic E-state index is 0.185. The van der Waals surface area contributed by atoms with Crippen LogP contribution in [0.25, 0.3) is 0 Å². The van der Waals surface area contributed by atoms with Gasteiger partial charge in [0, 0.05) is 4.47 Å². The SMILES string of the molecule is CCc1ccc(C=NNC(=O)C[NH+]2CCN(S(=O)(=O)c3ccc(Br)cc3)CC2)cc1. The third kappa shape index (κ3) is 5.98. The van der Waals surface area contributed by atoms with Crippen molar-refractivity contribution in [1.29, 1.82) is 0 Å². The Morgan fingerprint density at radius 1 is 1.13 bits per heavy atom. The molecule has 0 atom stereocenters. The van der Waals surface area contributed by atoms with Gasteiger partial charge in [0.05, 0.1) is 37.3 Å². The molecule has 2 aromatic rings. The standard InChI is InChI=1S/C21H25BrN4O3S/c1-2-17-3-5-18(6-4-17)15-23-24-21(27)16-25-11-13-26(14-12-25)30(28,29)20-9-7-19(22)8-10-20/h3-10,15H,2,11-14,16H2,1H3,(H,24,27)/p+1. The van der Waals surface area contributed by atoms with Crippen LogP contribution in [0.5, 0.6) is 0 Å². The van der Waals surface area contributed by atoms with Crippen LogP contribution in [-0.4, -0.2) is 57.6 Å². The summed E-state index contributed by atoms with van der Waals surface area (Å²) in [4.78, 5) is 13.5. The Morgan fingerprint density at radius 2 is 1.77 bits per heavy atom. The van der Waals surface area contributed by atoms with Crippen LogP contribution in [0.3, 0.4) is 0 Å². The highest BCUT2D eigenvalue weighted by Gasteiger charge is 2.31. The molecule has 0 spiro atoms. The summed E-state index contributed by atoms with van der Waals surface area (Å²) < 4.78 is 27.8. The van der Waals surface area contributed by atoms with E-state index in [2.05, 4.69) is 33.4 Å². The van der Waals surface area contributed by atoms with Gasteiger partial charge in [-0.05, 0) is 41.8 Å². The average Bonchev–Trinajstić information content (AvgIpc) is 2.75. The van der Waals surface area contributed by atoms with Crippen LogP contribution in [0.2, 0.25) is 0 Å². The molecule has 0 aromatic heterocycles. The number of carbonyl (C=O) groups excluding carboxylic acids is 1. The Labute approximate surface area is 185 Å². The molecule has 160 valence electrons. The summed E-state index contributed by atoms with van der Waals surface area (Å²) in [7, 11) is -3.51. The van der Waals surface area contributed by atoms with Crippen LogP contribution in [0, 0.1) is 0 Å². The van der Waals surface area contributed by atoms with E-state index in [-0.39, 0.29) is 17.3 Å². The first-order chi connectivity index (χ1) is 14.4. The molecule has 0 aliphatic carbocycles. The van der Waals surface area contributed by atoms with Crippen molar-refractivity contribution in [2.24, 2.45) is 5.10 Å². The number of benzene rings is 2. The fraction of sp³-hybridized carbons (Fsp3) is 0.333. The summed E-state index contributed by atoms with van der Waals surface area (Å²) in [5, 5.41) is 4.02. The van der Waals surface area contributed by atoms with E-state index >= 15 is 0 Å². The lowest BCUT2D eigenvalue weighted by Crippen LogP contribution is -3.15. The molecule has 2 N–H and O–H groups in total. The van der Waals surface area contributed by atoms with E-state index in [9.17, 15) is 13.2 Å². The van der Waals surface area contributed by atoms with Crippen LogP contribution in [0.15, 0.2) is 63.0 Å². The molecule has 1 heterocycles. The number of quaternary nitrogens is 1. The molecule has 0 radical (unpaired) electrons. The number of nitrogens with zero attached hydrogens (tertiary/aromatic N) is 2. The molecule has 0 unspecified atom stereocenters. The molecule has 1 fully saturated rings. The van der Waals surface area contributed by atoms with Gasteiger partial charge in [-0.3, -0.25) is 4.79 Å². The molecule has 7 nitrogen and oxygen atoms in total. The average molecular weight is 494 g/mol. The number of hydrogen-bond acceptors (Lipinski definition) is 4. The monoisotopic (exact) mass is 493 g/mol. The number of sulfonamides is 1. The van der Waals surface area contributed by atoms with Gasteiger partial charge in [0.1, 0.15) is 0 Å². The molecule has 9 heteroatoms. The Morgan fingerprint density at radius 3 is 2.37 bits per heavy atom. The predicted molar refractivity (Wildman–Crippen MR) is 120 cm³/mol. The van der Waals surface area contributed by atoms with Crippen molar-refractivity contribution < 1.29 is 18.1 Å². The Hall–Kier alpha value is -2.07. The summed E-state index contributed by atoms with van der Waals surface area (Å²) in [6.45, 7) is 4.28. The van der Waals surface area contributed by atoms with Gasteiger partial charge in [0.15, 0.2) is 6.54 Å². The number of amides is 1. The fourth-order valence-electron chi connectivity index (χ4n) is 3.26. The third-order valence-electron chi connectivity index (χ3n) is 5.08. The van der Waals surface area contributed by atoms with Gasteiger partial charge in [-0.2, -0.15) is 9.41 Å². The fourth-order valence-corrected chi connectivity index (χ4v) is 4.97. The summed E-state index contributed by atoms with van der Waals surface area (Å²) in [5.74, 6) is -0.185. The lowest BCUT2D eigenvalue weighted by molar-refractivity contribution is -0.895. The minimum atomic E-state index is -3.51. The van der Waals surface area contributed by atoms with Gasteiger partial charge in [0.25, 0.3) is 5.91 Å². The first kappa shape index (κ1) is 22.6. The number of carbonyl (C=O) groups is 1. The summed E-state index contributed by atoms with van der Waals surface area (Å²) in [6.07, 6.45) is 2.60. The zero-order chi connectivity index (χ0) is 21.6. The van der Waals surface area contributed by atoms with Crippen molar-refractivity contribution in [2.45, 2.75) is 18.2 Å². The van der Waals surface area contributed by atoms with Gasteiger partial charge < -0.3 is 4.90 Å². The van der Waals surface area contributed by atoms with Gasteiger partial charge in [-0.25, -0.2) is 13.8 Å². The number of hydrogen-bond donors (Lipinski definition) is 2. The van der Waals surface area contributed by atoms with E-state index in [4.69, 9.17) is 0 Å². The zero-order valence-corrected chi connectivity index (χ0v) is 19.2. The molecule has 0 bridgehead atoms. The van der Waals surface area contributed by atoms with E-state index in [1.54, 1.807) is 30.5 Å². The van der Waals surface area contributed by atoms with Crippen molar-refractivity contribution in [3.8, 4) is 0 Å². The lowest BCUT2D eigenvalue weighted by atomic mass is 10.1. The maximum Gasteiger partial charge on any atom is 0.295 e. The molecule has 1 saturated heterocycles.